The van der Waals surface area contributed by atoms with E-state index in [2.05, 4.69) is 11.4 Å². The van der Waals surface area contributed by atoms with Crippen LogP contribution in [0.2, 0.25) is 0 Å². The smallest absolute Gasteiger partial charge is 0.341 e. The number of halogens is 1. The first kappa shape index (κ1) is 19.8. The fourth-order valence-corrected chi connectivity index (χ4v) is 4.40. The third-order valence-electron chi connectivity index (χ3n) is 4.66. The van der Waals surface area contributed by atoms with Gasteiger partial charge < -0.3 is 15.8 Å². The highest BCUT2D eigenvalue weighted by Gasteiger charge is 2.25. The third kappa shape index (κ3) is 4.15. The highest BCUT2D eigenvalue weighted by molar-refractivity contribution is 7.16. The summed E-state index contributed by atoms with van der Waals surface area (Å²) in [5.41, 5.74) is 7.07. The average Bonchev–Trinajstić information content (AvgIpc) is 2.81. The van der Waals surface area contributed by atoms with E-state index in [1.54, 1.807) is 0 Å². The number of rotatable bonds is 4. The van der Waals surface area contributed by atoms with Gasteiger partial charge in [0.2, 0.25) is 0 Å². The van der Waals surface area contributed by atoms with Crippen molar-refractivity contribution in [2.75, 3.05) is 11.1 Å². The molecule has 0 radical (unpaired) electrons. The van der Waals surface area contributed by atoms with Gasteiger partial charge in [0.25, 0.3) is 5.91 Å². The maximum absolute atomic E-state index is 13.1. The number of nitrogen functional groups attached to an aromatic ring is 1. The van der Waals surface area contributed by atoms with Crippen molar-refractivity contribution in [2.24, 2.45) is 0 Å². The van der Waals surface area contributed by atoms with Crippen molar-refractivity contribution in [3.63, 3.8) is 0 Å². The summed E-state index contributed by atoms with van der Waals surface area (Å²) in [5, 5.41) is 12.7. The van der Waals surface area contributed by atoms with E-state index < -0.39 is 23.8 Å². The molecule has 3 rings (SSSR count). The minimum absolute atomic E-state index is 0.0124. The SMILES string of the molecule is CC(OC(=O)c1ccc(F)cc1N)C(=O)Nc1sc2c(c1C#N)CCCCC2. The summed E-state index contributed by atoms with van der Waals surface area (Å²) in [6, 6.07) is 5.51. The van der Waals surface area contributed by atoms with E-state index in [0.29, 0.717) is 10.6 Å². The molecule has 1 aromatic carbocycles. The Bertz CT molecular complexity index is 964. The predicted molar refractivity (Wildman–Crippen MR) is 105 cm³/mol. The molecule has 2 aromatic rings. The largest absolute Gasteiger partial charge is 0.449 e. The number of hydrogen-bond acceptors (Lipinski definition) is 6. The van der Waals surface area contributed by atoms with Gasteiger partial charge in [-0.2, -0.15) is 5.26 Å². The van der Waals surface area contributed by atoms with Crippen LogP contribution in [0.5, 0.6) is 0 Å². The molecular formula is C20H20FN3O3S. The minimum atomic E-state index is -1.11. The van der Waals surface area contributed by atoms with Crippen LogP contribution in [0.4, 0.5) is 15.1 Å². The van der Waals surface area contributed by atoms with Crippen molar-refractivity contribution in [3.8, 4) is 6.07 Å². The Labute approximate surface area is 166 Å². The van der Waals surface area contributed by atoms with Crippen molar-refractivity contribution in [1.82, 2.24) is 0 Å². The first-order valence-electron chi connectivity index (χ1n) is 9.02. The molecule has 28 heavy (non-hydrogen) atoms. The summed E-state index contributed by atoms with van der Waals surface area (Å²) in [4.78, 5) is 25.8. The molecule has 0 aliphatic heterocycles. The maximum atomic E-state index is 13.1. The normalized spacial score (nSPS) is 14.3. The standard InChI is InChI=1S/C20H20FN3O3S/c1-11(27-20(26)14-8-7-12(21)9-16(14)23)18(25)24-19-15(10-22)13-5-3-2-4-6-17(13)28-19/h7-9,11H,2-6,23H2,1H3,(H,24,25). The molecule has 0 spiro atoms. The van der Waals surface area contributed by atoms with E-state index in [4.69, 9.17) is 10.5 Å². The van der Waals surface area contributed by atoms with Crippen molar-refractivity contribution < 1.29 is 18.7 Å². The molecule has 0 fully saturated rings. The Balaban J connectivity index is 1.71. The number of nitrogens with two attached hydrogens (primary N) is 1. The molecule has 146 valence electrons. The number of anilines is 2. The van der Waals surface area contributed by atoms with Gasteiger partial charge in [-0.25, -0.2) is 9.18 Å². The lowest BCUT2D eigenvalue weighted by Gasteiger charge is -2.14. The van der Waals surface area contributed by atoms with Crippen LogP contribution in [-0.2, 0) is 22.4 Å². The second-order valence-electron chi connectivity index (χ2n) is 6.65. The summed E-state index contributed by atoms with van der Waals surface area (Å²) < 4.78 is 18.3. The number of aryl methyl sites for hydroxylation is 1. The molecule has 1 heterocycles. The molecule has 0 saturated carbocycles. The molecule has 0 bridgehead atoms. The zero-order chi connectivity index (χ0) is 20.3. The number of carbonyl (C=O) groups excluding carboxylic acids is 2. The highest BCUT2D eigenvalue weighted by Crippen LogP contribution is 2.37. The quantitative estimate of drug-likeness (QED) is 0.461. The number of fused-ring (bicyclic) bond motifs is 1. The number of carbonyl (C=O) groups is 2. The molecule has 3 N–H and O–H groups in total. The van der Waals surface area contributed by atoms with Gasteiger partial charge >= 0.3 is 5.97 Å². The third-order valence-corrected chi connectivity index (χ3v) is 5.86. The summed E-state index contributed by atoms with van der Waals surface area (Å²) in [6.07, 6.45) is 3.86. The summed E-state index contributed by atoms with van der Waals surface area (Å²) >= 11 is 1.41. The molecule has 6 nitrogen and oxygen atoms in total. The highest BCUT2D eigenvalue weighted by atomic mass is 32.1. The Morgan fingerprint density at radius 1 is 1.32 bits per heavy atom. The number of nitriles is 1. The Hall–Kier alpha value is -2.92. The zero-order valence-corrected chi connectivity index (χ0v) is 16.2. The number of hydrogen-bond donors (Lipinski definition) is 2. The van der Waals surface area contributed by atoms with Gasteiger partial charge in [0.05, 0.1) is 11.1 Å². The number of esters is 1. The Kier molecular flexibility index (Phi) is 5.95. The lowest BCUT2D eigenvalue weighted by atomic mass is 10.1. The van der Waals surface area contributed by atoms with Gasteiger partial charge in [0.15, 0.2) is 6.10 Å². The van der Waals surface area contributed by atoms with E-state index in [9.17, 15) is 19.2 Å². The number of thiophene rings is 1. The molecular weight excluding hydrogens is 381 g/mol. The molecule has 1 aliphatic rings. The van der Waals surface area contributed by atoms with Crippen LogP contribution in [0.15, 0.2) is 18.2 Å². The van der Waals surface area contributed by atoms with Gasteiger partial charge in [-0.05, 0) is 56.4 Å². The van der Waals surface area contributed by atoms with Crippen molar-refractivity contribution in [3.05, 3.63) is 45.6 Å². The van der Waals surface area contributed by atoms with Crippen LogP contribution in [0, 0.1) is 17.1 Å². The van der Waals surface area contributed by atoms with E-state index in [1.165, 1.54) is 24.3 Å². The van der Waals surface area contributed by atoms with E-state index in [0.717, 1.165) is 54.7 Å². The number of nitrogens with one attached hydrogen (secondary N) is 1. The second-order valence-corrected chi connectivity index (χ2v) is 7.75. The zero-order valence-electron chi connectivity index (χ0n) is 15.4. The first-order valence-corrected chi connectivity index (χ1v) is 9.84. The summed E-state index contributed by atoms with van der Waals surface area (Å²) in [6.45, 7) is 1.43. The second kappa shape index (κ2) is 8.40. The van der Waals surface area contributed by atoms with E-state index in [-0.39, 0.29) is 11.3 Å². The Morgan fingerprint density at radius 3 is 2.79 bits per heavy atom. The van der Waals surface area contributed by atoms with E-state index >= 15 is 0 Å². The van der Waals surface area contributed by atoms with Crippen LogP contribution in [-0.4, -0.2) is 18.0 Å². The van der Waals surface area contributed by atoms with Crippen LogP contribution < -0.4 is 11.1 Å². The summed E-state index contributed by atoms with van der Waals surface area (Å²) in [7, 11) is 0. The number of ether oxygens (including phenoxy) is 1. The van der Waals surface area contributed by atoms with Gasteiger partial charge in [0, 0.05) is 10.6 Å². The number of benzene rings is 1. The summed E-state index contributed by atoms with van der Waals surface area (Å²) in [5.74, 6) is -1.93. The van der Waals surface area contributed by atoms with Crippen LogP contribution in [0.3, 0.4) is 0 Å². The van der Waals surface area contributed by atoms with Crippen LogP contribution in [0.1, 0.15) is 52.5 Å². The molecule has 8 heteroatoms. The molecule has 1 unspecified atom stereocenters. The molecule has 1 atom stereocenters. The van der Waals surface area contributed by atoms with Gasteiger partial charge in [-0.1, -0.05) is 6.42 Å². The fourth-order valence-electron chi connectivity index (χ4n) is 3.16. The number of nitrogens with zero attached hydrogens (tertiary/aromatic N) is 1. The minimum Gasteiger partial charge on any atom is -0.449 e. The van der Waals surface area contributed by atoms with Crippen molar-refractivity contribution in [2.45, 2.75) is 45.1 Å². The van der Waals surface area contributed by atoms with Crippen LogP contribution in [0.25, 0.3) is 0 Å². The molecule has 1 aromatic heterocycles. The van der Waals surface area contributed by atoms with Gasteiger partial charge in [-0.3, -0.25) is 4.79 Å². The lowest BCUT2D eigenvalue weighted by molar-refractivity contribution is -0.123. The van der Waals surface area contributed by atoms with Crippen molar-refractivity contribution >= 4 is 33.9 Å². The monoisotopic (exact) mass is 401 g/mol. The first-order chi connectivity index (χ1) is 13.4. The Morgan fingerprint density at radius 2 is 2.07 bits per heavy atom. The van der Waals surface area contributed by atoms with Gasteiger partial charge in [0.1, 0.15) is 16.9 Å². The number of amides is 1. The fraction of sp³-hybridized carbons (Fsp3) is 0.350. The maximum Gasteiger partial charge on any atom is 0.341 e. The average molecular weight is 401 g/mol. The molecule has 1 amide bonds. The topological polar surface area (TPSA) is 105 Å². The van der Waals surface area contributed by atoms with Crippen LogP contribution >= 0.6 is 11.3 Å². The lowest BCUT2D eigenvalue weighted by Crippen LogP contribution is -2.30. The van der Waals surface area contributed by atoms with E-state index in [1.807, 2.05) is 0 Å². The molecule has 1 aliphatic carbocycles. The van der Waals surface area contributed by atoms with Gasteiger partial charge in [-0.15, -0.1) is 11.3 Å². The van der Waals surface area contributed by atoms with Crippen molar-refractivity contribution in [1.29, 1.82) is 5.26 Å². The predicted octanol–water partition coefficient (Wildman–Crippen LogP) is 3.79. The molecule has 0 saturated heterocycles.